The van der Waals surface area contributed by atoms with Gasteiger partial charge in [0, 0.05) is 13.0 Å². The number of rotatable bonds is 6. The molecule has 6 heteroatoms. The molecule has 0 aliphatic heterocycles. The van der Waals surface area contributed by atoms with Crippen LogP contribution in [0.2, 0.25) is 0 Å². The van der Waals surface area contributed by atoms with Gasteiger partial charge in [-0.1, -0.05) is 18.7 Å². The summed E-state index contributed by atoms with van der Waals surface area (Å²) >= 11 is 0. The van der Waals surface area contributed by atoms with Gasteiger partial charge in [0.05, 0.1) is 0 Å². The Labute approximate surface area is 115 Å². The van der Waals surface area contributed by atoms with E-state index in [-0.39, 0.29) is 17.3 Å². The Bertz CT molecular complexity index is 534. The fraction of sp³-hybridized carbons (Fsp3) is 0.143. The van der Waals surface area contributed by atoms with E-state index in [9.17, 15) is 14.7 Å². The molecule has 1 aromatic rings. The van der Waals surface area contributed by atoms with Crippen LogP contribution >= 0.6 is 0 Å². The van der Waals surface area contributed by atoms with Crippen molar-refractivity contribution in [2.75, 3.05) is 0 Å². The van der Waals surface area contributed by atoms with Gasteiger partial charge in [-0.15, -0.1) is 0 Å². The summed E-state index contributed by atoms with van der Waals surface area (Å²) in [5, 5.41) is 9.45. The summed E-state index contributed by atoms with van der Waals surface area (Å²) in [6, 6.07) is 5.93. The van der Waals surface area contributed by atoms with Crippen LogP contribution in [0.4, 0.5) is 0 Å². The molecule has 0 saturated carbocycles. The molecular formula is C14H14O6. The highest BCUT2D eigenvalue weighted by molar-refractivity contribution is 5.87. The Morgan fingerprint density at radius 3 is 2.55 bits per heavy atom. The van der Waals surface area contributed by atoms with E-state index >= 15 is 0 Å². The third-order valence-electron chi connectivity index (χ3n) is 2.05. The minimum Gasteiger partial charge on any atom is -0.504 e. The number of hydrogen-bond donors (Lipinski definition) is 1. The predicted molar refractivity (Wildman–Crippen MR) is 69.7 cm³/mol. The van der Waals surface area contributed by atoms with Gasteiger partial charge >= 0.3 is 11.9 Å². The van der Waals surface area contributed by atoms with E-state index in [4.69, 9.17) is 14.2 Å². The highest BCUT2D eigenvalue weighted by Gasteiger charge is 2.17. The average molecular weight is 278 g/mol. The molecule has 106 valence electrons. The average Bonchev–Trinajstić information content (AvgIpc) is 2.40. The summed E-state index contributed by atoms with van der Waals surface area (Å²) in [7, 11) is 0. The van der Waals surface area contributed by atoms with E-state index in [2.05, 4.69) is 13.2 Å². The molecule has 0 heterocycles. The fourth-order valence-electron chi connectivity index (χ4n) is 1.18. The number of esters is 2. The van der Waals surface area contributed by atoms with E-state index in [1.807, 2.05) is 0 Å². The van der Waals surface area contributed by atoms with Crippen molar-refractivity contribution in [1.29, 1.82) is 0 Å². The van der Waals surface area contributed by atoms with Crippen LogP contribution in [0.5, 0.6) is 11.5 Å². The number of ether oxygens (including phenoxy) is 3. The van der Waals surface area contributed by atoms with Gasteiger partial charge in [-0.2, -0.15) is 0 Å². The van der Waals surface area contributed by atoms with Crippen molar-refractivity contribution >= 4 is 11.9 Å². The van der Waals surface area contributed by atoms with Crippen LogP contribution in [-0.4, -0.2) is 23.3 Å². The number of para-hydroxylation sites is 2. The fourth-order valence-corrected chi connectivity index (χ4v) is 1.18. The Kier molecular flexibility index (Phi) is 5.34. The van der Waals surface area contributed by atoms with Crippen LogP contribution in [0.3, 0.4) is 0 Å². The van der Waals surface area contributed by atoms with Gasteiger partial charge in [-0.05, 0) is 18.7 Å². The largest absolute Gasteiger partial charge is 0.504 e. The molecule has 0 saturated heterocycles. The van der Waals surface area contributed by atoms with Crippen molar-refractivity contribution in [3.8, 4) is 11.5 Å². The normalized spacial score (nSPS) is 11.1. The zero-order valence-electron chi connectivity index (χ0n) is 10.9. The number of phenols is 1. The molecule has 1 rings (SSSR count). The second kappa shape index (κ2) is 6.98. The number of phenolic OH excluding ortho intramolecular Hbond substituents is 1. The van der Waals surface area contributed by atoms with Gasteiger partial charge in [-0.25, -0.2) is 9.59 Å². The lowest BCUT2D eigenvalue weighted by Gasteiger charge is -2.15. The molecule has 20 heavy (non-hydrogen) atoms. The molecule has 0 fully saturated rings. The third-order valence-corrected chi connectivity index (χ3v) is 2.05. The number of hydrogen-bond acceptors (Lipinski definition) is 6. The molecule has 6 nitrogen and oxygen atoms in total. The van der Waals surface area contributed by atoms with Gasteiger partial charge in [0.2, 0.25) is 12.0 Å². The lowest BCUT2D eigenvalue weighted by Crippen LogP contribution is -2.21. The second-order valence-corrected chi connectivity index (χ2v) is 3.61. The first-order valence-electron chi connectivity index (χ1n) is 5.62. The van der Waals surface area contributed by atoms with Crippen molar-refractivity contribution in [2.45, 2.75) is 13.2 Å². The minimum atomic E-state index is -1.02. The molecule has 1 atom stereocenters. The number of carbonyl (C=O) groups is 2. The van der Waals surface area contributed by atoms with Crippen molar-refractivity contribution in [2.24, 2.45) is 0 Å². The maximum atomic E-state index is 11.6. The molecule has 0 aromatic heterocycles. The second-order valence-electron chi connectivity index (χ2n) is 3.61. The Balaban J connectivity index is 2.55. The summed E-state index contributed by atoms with van der Waals surface area (Å²) in [6.45, 7) is 7.98. The van der Waals surface area contributed by atoms with Crippen molar-refractivity contribution in [3.63, 3.8) is 0 Å². The molecule has 0 radical (unpaired) electrons. The van der Waals surface area contributed by atoms with Crippen LogP contribution in [0.15, 0.2) is 49.3 Å². The maximum absolute atomic E-state index is 11.6. The minimum absolute atomic E-state index is 0.0296. The van der Waals surface area contributed by atoms with Gasteiger partial charge < -0.3 is 19.3 Å². The van der Waals surface area contributed by atoms with E-state index in [1.165, 1.54) is 19.1 Å². The molecule has 0 spiro atoms. The summed E-state index contributed by atoms with van der Waals surface area (Å²) in [6.07, 6.45) is -0.0620. The Hall–Kier alpha value is -2.76. The molecule has 1 aromatic carbocycles. The van der Waals surface area contributed by atoms with E-state index in [0.29, 0.717) is 0 Å². The molecule has 0 aliphatic rings. The predicted octanol–water partition coefficient (Wildman–Crippen LogP) is 1.90. The molecule has 0 bridgehead atoms. The zero-order chi connectivity index (χ0) is 15.1. The summed E-state index contributed by atoms with van der Waals surface area (Å²) in [4.78, 5) is 22.5. The van der Waals surface area contributed by atoms with E-state index in [1.54, 1.807) is 12.1 Å². The number of carbonyl (C=O) groups excluding carboxylic acids is 2. The summed E-state index contributed by atoms with van der Waals surface area (Å²) in [5.41, 5.74) is 0. The lowest BCUT2D eigenvalue weighted by molar-refractivity contribution is -0.166. The van der Waals surface area contributed by atoms with E-state index in [0.717, 1.165) is 6.08 Å². The number of aromatic hydroxyl groups is 1. The molecule has 1 N–H and O–H groups in total. The molecular weight excluding hydrogens is 264 g/mol. The van der Waals surface area contributed by atoms with Crippen LogP contribution in [-0.2, 0) is 19.1 Å². The van der Waals surface area contributed by atoms with E-state index < -0.39 is 18.2 Å². The highest BCUT2D eigenvalue weighted by atomic mass is 16.7. The standard InChI is InChI=1S/C14H14O6/c1-4-13(16)19-10(3)18-9(2)14(17)20-12-8-6-5-7-11(12)15/h4-8,10,15H,1-2H2,3H3. The Morgan fingerprint density at radius 2 is 1.95 bits per heavy atom. The maximum Gasteiger partial charge on any atom is 0.378 e. The highest BCUT2D eigenvalue weighted by Crippen LogP contribution is 2.25. The van der Waals surface area contributed by atoms with Gasteiger partial charge in [-0.3, -0.25) is 0 Å². The van der Waals surface area contributed by atoms with Crippen molar-refractivity contribution < 1.29 is 28.9 Å². The van der Waals surface area contributed by atoms with Gasteiger partial charge in [0.25, 0.3) is 0 Å². The SMILES string of the molecule is C=CC(=O)OC(C)OC(=C)C(=O)Oc1ccccc1O. The lowest BCUT2D eigenvalue weighted by atomic mass is 10.3. The monoisotopic (exact) mass is 278 g/mol. The van der Waals surface area contributed by atoms with Crippen molar-refractivity contribution in [3.05, 3.63) is 49.3 Å². The smallest absolute Gasteiger partial charge is 0.378 e. The van der Waals surface area contributed by atoms with Gasteiger partial charge in [0.1, 0.15) is 0 Å². The van der Waals surface area contributed by atoms with Crippen LogP contribution in [0.25, 0.3) is 0 Å². The summed E-state index contributed by atoms with van der Waals surface area (Å²) < 4.78 is 14.5. The first-order chi connectivity index (χ1) is 9.43. The Morgan fingerprint density at radius 1 is 1.30 bits per heavy atom. The molecule has 0 aliphatic carbocycles. The third kappa shape index (κ3) is 4.49. The van der Waals surface area contributed by atoms with Gasteiger partial charge in [0.15, 0.2) is 11.5 Å². The molecule has 0 amide bonds. The molecule has 1 unspecified atom stereocenters. The first kappa shape index (κ1) is 15.3. The topological polar surface area (TPSA) is 82.1 Å². The first-order valence-corrected chi connectivity index (χ1v) is 5.62. The van der Waals surface area contributed by atoms with Crippen LogP contribution in [0.1, 0.15) is 6.92 Å². The zero-order valence-corrected chi connectivity index (χ0v) is 10.9. The van der Waals surface area contributed by atoms with Crippen molar-refractivity contribution in [1.82, 2.24) is 0 Å². The summed E-state index contributed by atoms with van der Waals surface area (Å²) in [5.74, 6) is -2.19. The quantitative estimate of drug-likeness (QED) is 0.281. The number of benzene rings is 1. The van der Waals surface area contributed by atoms with Crippen LogP contribution in [0, 0.1) is 0 Å². The van der Waals surface area contributed by atoms with Crippen LogP contribution < -0.4 is 4.74 Å².